The topological polar surface area (TPSA) is 84.6 Å². The molecule has 2 aliphatic rings. The Morgan fingerprint density at radius 2 is 1.76 bits per heavy atom. The minimum atomic E-state index is -4.76. The summed E-state index contributed by atoms with van der Waals surface area (Å²) in [5.74, 6) is 0.728. The number of amidine groups is 1. The number of thioether (sulfide) groups is 1. The number of carbonyl (C=O) groups is 1. The summed E-state index contributed by atoms with van der Waals surface area (Å²) in [7, 11) is 0. The maximum Gasteiger partial charge on any atom is 0.573 e. The molecule has 1 aromatic heterocycles. The predicted molar refractivity (Wildman–Crippen MR) is 171 cm³/mol. The summed E-state index contributed by atoms with van der Waals surface area (Å²) in [5, 5.41) is 8.07. The molecular weight excluding hydrogens is 620 g/mol. The van der Waals surface area contributed by atoms with E-state index in [1.807, 2.05) is 43.0 Å². The van der Waals surface area contributed by atoms with Gasteiger partial charge in [-0.05, 0) is 84.3 Å². The van der Waals surface area contributed by atoms with Crippen LogP contribution < -0.4 is 15.0 Å². The predicted octanol–water partition coefficient (Wildman–Crippen LogP) is 8.31. The highest BCUT2D eigenvalue weighted by Gasteiger charge is 2.31. The fraction of sp³-hybridized carbons (Fsp3) is 0.273. The van der Waals surface area contributed by atoms with Crippen LogP contribution in [-0.2, 0) is 0 Å². The Labute approximate surface area is 267 Å². The summed E-state index contributed by atoms with van der Waals surface area (Å²) in [6.07, 6.45) is -0.846. The lowest BCUT2D eigenvalue weighted by molar-refractivity contribution is -0.274. The molecule has 0 atom stereocenters. The highest BCUT2D eigenvalue weighted by molar-refractivity contribution is 8.14. The number of nitrogens with zero attached hydrogens (tertiary/aromatic N) is 5. The van der Waals surface area contributed by atoms with Gasteiger partial charge < -0.3 is 15.0 Å². The number of amides is 2. The van der Waals surface area contributed by atoms with E-state index < -0.39 is 12.4 Å². The zero-order valence-electron chi connectivity index (χ0n) is 25.0. The van der Waals surface area contributed by atoms with E-state index in [-0.39, 0.29) is 17.5 Å². The number of aliphatic imine (C=N–C) groups is 1. The highest BCUT2D eigenvalue weighted by atomic mass is 32.2. The van der Waals surface area contributed by atoms with Gasteiger partial charge in [-0.3, -0.25) is 0 Å². The molecule has 13 heteroatoms. The Balaban J connectivity index is 1.15. The van der Waals surface area contributed by atoms with Crippen molar-refractivity contribution >= 4 is 34.2 Å². The van der Waals surface area contributed by atoms with Crippen molar-refractivity contribution in [3.8, 4) is 22.8 Å². The lowest BCUT2D eigenvalue weighted by Crippen LogP contribution is -2.28. The second kappa shape index (κ2) is 13.0. The van der Waals surface area contributed by atoms with Crippen molar-refractivity contribution in [2.75, 3.05) is 17.2 Å². The summed E-state index contributed by atoms with van der Waals surface area (Å²) in [5.41, 5.74) is 5.86. The minimum Gasteiger partial charge on any atom is -0.406 e. The molecule has 2 heterocycles. The Kier molecular flexibility index (Phi) is 8.85. The molecule has 4 aromatic rings. The van der Waals surface area contributed by atoms with E-state index in [2.05, 4.69) is 25.1 Å². The van der Waals surface area contributed by atoms with Crippen molar-refractivity contribution in [3.63, 3.8) is 0 Å². The zero-order chi connectivity index (χ0) is 32.4. The highest BCUT2D eigenvalue weighted by Crippen LogP contribution is 2.35. The number of hydrogen-bond donors (Lipinski definition) is 1. The minimum absolute atomic E-state index is 0.109. The Morgan fingerprint density at radius 3 is 2.48 bits per heavy atom. The summed E-state index contributed by atoms with van der Waals surface area (Å²) >= 11 is 1.50. The molecule has 3 aromatic carbocycles. The van der Waals surface area contributed by atoms with E-state index in [9.17, 15) is 22.4 Å². The van der Waals surface area contributed by atoms with Crippen molar-refractivity contribution in [2.45, 2.75) is 45.4 Å². The normalized spacial score (nSPS) is 16.2. The number of benzene rings is 3. The van der Waals surface area contributed by atoms with Crippen LogP contribution in [0.4, 0.5) is 28.0 Å². The number of rotatable bonds is 7. The number of halogens is 4. The third-order valence-electron chi connectivity index (χ3n) is 7.67. The molecule has 6 rings (SSSR count). The van der Waals surface area contributed by atoms with Crippen LogP contribution in [-0.4, -0.2) is 44.6 Å². The first-order valence-electron chi connectivity index (χ1n) is 14.7. The van der Waals surface area contributed by atoms with Crippen LogP contribution in [0.3, 0.4) is 0 Å². The second-order valence-electron chi connectivity index (χ2n) is 11.1. The fourth-order valence-corrected chi connectivity index (χ4v) is 6.49. The van der Waals surface area contributed by atoms with Gasteiger partial charge in [0.15, 0.2) is 11.0 Å². The zero-order valence-corrected chi connectivity index (χ0v) is 25.8. The van der Waals surface area contributed by atoms with Gasteiger partial charge in [0.05, 0.1) is 5.69 Å². The van der Waals surface area contributed by atoms with Crippen LogP contribution in [0, 0.1) is 5.82 Å². The van der Waals surface area contributed by atoms with Crippen molar-refractivity contribution < 1.29 is 27.1 Å². The van der Waals surface area contributed by atoms with Crippen molar-refractivity contribution in [1.82, 2.24) is 20.1 Å². The SMILES string of the molecule is CC(C)c1cc(F)ccc1N1CCS/C1=N\C(=O)NC1=C(c2ccc(-c3ncn(-c4ccc(OC(F)(F)F)cc4)n3)cc2)CCC1. The summed E-state index contributed by atoms with van der Waals surface area (Å²) in [6, 6.07) is 17.3. The number of ether oxygens (including phenoxy) is 1. The van der Waals surface area contributed by atoms with E-state index in [1.54, 1.807) is 12.1 Å². The van der Waals surface area contributed by atoms with Gasteiger partial charge in [-0.1, -0.05) is 49.9 Å². The molecular formula is C33H30F4N6O2S. The first-order chi connectivity index (χ1) is 22.0. The van der Waals surface area contributed by atoms with Gasteiger partial charge in [0.25, 0.3) is 0 Å². The number of nitrogens with one attached hydrogen (secondary N) is 1. The molecule has 8 nitrogen and oxygen atoms in total. The smallest absolute Gasteiger partial charge is 0.406 e. The summed E-state index contributed by atoms with van der Waals surface area (Å²) < 4.78 is 56.7. The molecule has 238 valence electrons. The van der Waals surface area contributed by atoms with E-state index in [0.717, 1.165) is 58.7 Å². The van der Waals surface area contributed by atoms with Gasteiger partial charge in [0.2, 0.25) is 0 Å². The molecule has 0 unspecified atom stereocenters. The first-order valence-corrected chi connectivity index (χ1v) is 15.7. The Hall–Kier alpha value is -4.65. The number of allylic oxidation sites excluding steroid dienone is 2. The molecule has 0 saturated carbocycles. The van der Waals surface area contributed by atoms with Crippen molar-refractivity contribution in [1.29, 1.82) is 0 Å². The maximum absolute atomic E-state index is 14.0. The van der Waals surface area contributed by atoms with Crippen LogP contribution in [0.25, 0.3) is 22.6 Å². The van der Waals surface area contributed by atoms with E-state index in [4.69, 9.17) is 0 Å². The fourth-order valence-electron chi connectivity index (χ4n) is 5.54. The van der Waals surface area contributed by atoms with Gasteiger partial charge in [0.1, 0.15) is 17.9 Å². The van der Waals surface area contributed by atoms with Crippen LogP contribution in [0.15, 0.2) is 83.7 Å². The number of alkyl halides is 3. The summed E-state index contributed by atoms with van der Waals surface area (Å²) in [6.45, 7) is 4.70. The molecule has 1 N–H and O–H groups in total. The molecule has 46 heavy (non-hydrogen) atoms. The third-order valence-corrected chi connectivity index (χ3v) is 8.63. The summed E-state index contributed by atoms with van der Waals surface area (Å²) in [4.78, 5) is 23.8. The Bertz CT molecular complexity index is 1800. The largest absolute Gasteiger partial charge is 0.573 e. The molecule has 1 fully saturated rings. The van der Waals surface area contributed by atoms with Crippen LogP contribution >= 0.6 is 11.8 Å². The monoisotopic (exact) mass is 650 g/mol. The number of hydrogen-bond acceptors (Lipinski definition) is 5. The van der Waals surface area contributed by atoms with Gasteiger partial charge in [-0.25, -0.2) is 18.9 Å². The van der Waals surface area contributed by atoms with Gasteiger partial charge in [-0.15, -0.1) is 18.3 Å². The van der Waals surface area contributed by atoms with Crippen molar-refractivity contribution in [2.24, 2.45) is 4.99 Å². The standard InChI is InChI=1S/C33H30F4N6O2S/c1-20(2)27-18-23(34)10-15-29(27)42-16-17-46-32(42)40-31(44)39-28-5-3-4-26(28)21-6-8-22(9-7-21)30-38-19-43(41-30)24-11-13-25(14-12-24)45-33(35,36)37/h6-15,18-20H,3-5,16-17H2,1-2H3,(H,39,44)/b40-32-. The van der Waals surface area contributed by atoms with E-state index in [1.165, 1.54) is 53.1 Å². The number of anilines is 1. The third kappa shape index (κ3) is 7.09. The van der Waals surface area contributed by atoms with Gasteiger partial charge >= 0.3 is 12.4 Å². The molecule has 1 aliphatic heterocycles. The first kappa shape index (κ1) is 31.3. The van der Waals surface area contributed by atoms with Crippen LogP contribution in [0.2, 0.25) is 0 Å². The molecule has 1 aliphatic carbocycles. The number of aromatic nitrogens is 3. The van der Waals surface area contributed by atoms with Crippen molar-refractivity contribution in [3.05, 3.63) is 95.7 Å². The van der Waals surface area contributed by atoms with E-state index >= 15 is 0 Å². The van der Waals surface area contributed by atoms with Crippen LogP contribution in [0.5, 0.6) is 5.75 Å². The molecule has 0 radical (unpaired) electrons. The molecule has 1 saturated heterocycles. The molecule has 0 bridgehead atoms. The number of urea groups is 1. The lowest BCUT2D eigenvalue weighted by atomic mass is 10.0. The maximum atomic E-state index is 14.0. The molecule has 0 spiro atoms. The van der Waals surface area contributed by atoms with Crippen LogP contribution in [0.1, 0.15) is 50.2 Å². The van der Waals surface area contributed by atoms with Gasteiger partial charge in [0, 0.05) is 29.2 Å². The molecule has 2 amide bonds. The second-order valence-corrected chi connectivity index (χ2v) is 12.2. The number of carbonyl (C=O) groups excluding carboxylic acids is 1. The van der Waals surface area contributed by atoms with Gasteiger partial charge in [-0.2, -0.15) is 4.99 Å². The average molecular weight is 651 g/mol. The quantitative estimate of drug-likeness (QED) is 0.203. The van der Waals surface area contributed by atoms with E-state index in [0.29, 0.717) is 23.2 Å². The average Bonchev–Trinajstić information content (AvgIpc) is 3.79. The Morgan fingerprint density at radius 1 is 1.02 bits per heavy atom. The lowest BCUT2D eigenvalue weighted by Gasteiger charge is -2.23.